The highest BCUT2D eigenvalue weighted by atomic mass is 16.6. The normalized spacial score (nSPS) is 11.8. The fourth-order valence-corrected chi connectivity index (χ4v) is 1.15. The van der Waals surface area contributed by atoms with Crippen molar-refractivity contribution in [2.75, 3.05) is 0 Å². The molecule has 0 saturated heterocycles. The smallest absolute Gasteiger partial charge is 0.417 e. The van der Waals surface area contributed by atoms with E-state index in [1.54, 1.807) is 27.7 Å². The van der Waals surface area contributed by atoms with Gasteiger partial charge in [0.05, 0.1) is 5.92 Å². The van der Waals surface area contributed by atoms with Gasteiger partial charge in [-0.25, -0.2) is 9.59 Å². The first-order chi connectivity index (χ1) is 9.01. The number of carboxylic acids is 2. The number of unbranched alkanes of at least 4 members (excludes halogenated alkanes) is 2. The minimum atomic E-state index is -1.56. The summed E-state index contributed by atoms with van der Waals surface area (Å²) in [7, 11) is 0. The van der Waals surface area contributed by atoms with Gasteiger partial charge in [-0.05, 0) is 27.2 Å². The van der Waals surface area contributed by atoms with E-state index in [1.165, 1.54) is 0 Å². The molecular weight excluding hydrogens is 264 g/mol. The van der Waals surface area contributed by atoms with E-state index in [0.717, 1.165) is 25.7 Å². The molecule has 0 radical (unpaired) electrons. The quantitative estimate of drug-likeness (QED) is 0.458. The molecule has 0 aliphatic carbocycles. The van der Waals surface area contributed by atoms with Crippen LogP contribution in [-0.4, -0.2) is 33.7 Å². The molecule has 118 valence electrons. The lowest BCUT2D eigenvalue weighted by molar-refractivity contribution is -0.171. The van der Waals surface area contributed by atoms with E-state index in [2.05, 4.69) is 11.7 Å². The van der Waals surface area contributed by atoms with Crippen molar-refractivity contribution in [2.45, 2.75) is 65.9 Å². The minimum Gasteiger partial charge on any atom is -0.481 e. The van der Waals surface area contributed by atoms with Crippen LogP contribution in [0.15, 0.2) is 0 Å². The third-order valence-electron chi connectivity index (χ3n) is 2.24. The van der Waals surface area contributed by atoms with Gasteiger partial charge in [-0.1, -0.05) is 33.1 Å². The molecular formula is C14H26O6. The summed E-state index contributed by atoms with van der Waals surface area (Å²) in [5.74, 6) is -3.61. The highest BCUT2D eigenvalue weighted by Gasteiger charge is 2.21. The van der Waals surface area contributed by atoms with Crippen molar-refractivity contribution in [2.24, 2.45) is 5.92 Å². The molecule has 1 atom stereocenters. The molecule has 1 unspecified atom stereocenters. The molecule has 0 aliphatic heterocycles. The van der Waals surface area contributed by atoms with Crippen LogP contribution in [0.5, 0.6) is 0 Å². The Morgan fingerprint density at radius 2 is 1.60 bits per heavy atom. The predicted molar refractivity (Wildman–Crippen MR) is 74.4 cm³/mol. The predicted octanol–water partition coefficient (Wildman–Crippen LogP) is 2.70. The first kappa shape index (κ1) is 20.7. The van der Waals surface area contributed by atoms with E-state index in [0.29, 0.717) is 0 Å². The molecule has 0 fully saturated rings. The van der Waals surface area contributed by atoms with Crippen LogP contribution in [0.3, 0.4) is 0 Å². The molecule has 2 N–H and O–H groups in total. The van der Waals surface area contributed by atoms with Crippen molar-refractivity contribution in [1.82, 2.24) is 0 Å². The van der Waals surface area contributed by atoms with Crippen molar-refractivity contribution >= 4 is 17.9 Å². The monoisotopic (exact) mass is 290 g/mol. The Morgan fingerprint density at radius 3 is 1.85 bits per heavy atom. The second-order valence-corrected chi connectivity index (χ2v) is 5.54. The van der Waals surface area contributed by atoms with Crippen LogP contribution < -0.4 is 0 Å². The van der Waals surface area contributed by atoms with Crippen LogP contribution >= 0.6 is 0 Å². The van der Waals surface area contributed by atoms with Crippen LogP contribution in [0.2, 0.25) is 0 Å². The van der Waals surface area contributed by atoms with Gasteiger partial charge in [-0.2, -0.15) is 0 Å². The Bertz CT molecular complexity index is 316. The van der Waals surface area contributed by atoms with Gasteiger partial charge in [0, 0.05) is 0 Å². The zero-order valence-corrected chi connectivity index (χ0v) is 12.9. The van der Waals surface area contributed by atoms with E-state index in [1.807, 2.05) is 0 Å². The number of esters is 1. The number of carbonyl (C=O) groups excluding carboxylic acids is 1. The summed E-state index contributed by atoms with van der Waals surface area (Å²) >= 11 is 0. The summed E-state index contributed by atoms with van der Waals surface area (Å²) in [4.78, 5) is 30.5. The third kappa shape index (κ3) is 14.5. The van der Waals surface area contributed by atoms with E-state index >= 15 is 0 Å². The number of carbonyl (C=O) groups is 3. The van der Waals surface area contributed by atoms with Crippen molar-refractivity contribution < 1.29 is 29.3 Å². The zero-order chi connectivity index (χ0) is 16.3. The van der Waals surface area contributed by atoms with Crippen LogP contribution in [0.4, 0.5) is 0 Å². The van der Waals surface area contributed by atoms with E-state index in [9.17, 15) is 14.4 Å². The summed E-state index contributed by atoms with van der Waals surface area (Å²) in [6, 6.07) is 0. The molecule has 0 amide bonds. The molecule has 0 saturated carbocycles. The highest BCUT2D eigenvalue weighted by molar-refractivity contribution is 6.28. The van der Waals surface area contributed by atoms with Crippen molar-refractivity contribution in [1.29, 1.82) is 0 Å². The fourth-order valence-electron chi connectivity index (χ4n) is 1.15. The van der Waals surface area contributed by atoms with Gasteiger partial charge in [-0.15, -0.1) is 0 Å². The first-order valence-corrected chi connectivity index (χ1v) is 6.70. The van der Waals surface area contributed by atoms with Gasteiger partial charge < -0.3 is 14.9 Å². The number of carboxylic acid groups (broad SMARTS) is 2. The summed E-state index contributed by atoms with van der Waals surface area (Å²) in [5, 5.41) is 16.6. The van der Waals surface area contributed by atoms with E-state index < -0.39 is 23.5 Å². The Hall–Kier alpha value is -1.59. The number of hydrogen-bond acceptors (Lipinski definition) is 4. The second kappa shape index (κ2) is 10.2. The van der Waals surface area contributed by atoms with Crippen LogP contribution in [0.1, 0.15) is 60.3 Å². The van der Waals surface area contributed by atoms with E-state index in [4.69, 9.17) is 10.2 Å². The molecule has 0 aromatic carbocycles. The summed E-state index contributed by atoms with van der Waals surface area (Å²) in [5.41, 5.74) is -0.727. The molecule has 6 heteroatoms. The van der Waals surface area contributed by atoms with Crippen molar-refractivity contribution in [3.63, 3.8) is 0 Å². The fraction of sp³-hybridized carbons (Fsp3) is 0.786. The number of ether oxygens (including phenoxy) is 1. The molecule has 0 aliphatic rings. The number of hydrogen-bond donors (Lipinski definition) is 2. The molecule has 0 rings (SSSR count). The van der Waals surface area contributed by atoms with Crippen LogP contribution in [-0.2, 0) is 19.1 Å². The van der Waals surface area contributed by atoms with Gasteiger partial charge in [0.2, 0.25) is 0 Å². The Kier molecular flexibility index (Phi) is 10.6. The second-order valence-electron chi connectivity index (χ2n) is 5.54. The third-order valence-corrected chi connectivity index (χ3v) is 2.24. The van der Waals surface area contributed by atoms with Crippen molar-refractivity contribution in [3.8, 4) is 0 Å². The Morgan fingerprint density at radius 1 is 1.10 bits per heavy atom. The topological polar surface area (TPSA) is 101 Å². The first-order valence-electron chi connectivity index (χ1n) is 6.70. The van der Waals surface area contributed by atoms with Gasteiger partial charge in [0.25, 0.3) is 0 Å². The van der Waals surface area contributed by atoms with Crippen LogP contribution in [0, 0.1) is 5.92 Å². The van der Waals surface area contributed by atoms with Gasteiger partial charge in [0.1, 0.15) is 5.60 Å². The average molecular weight is 290 g/mol. The molecule has 0 aromatic heterocycles. The van der Waals surface area contributed by atoms with Gasteiger partial charge in [0.15, 0.2) is 0 Å². The standard InChI is InChI=1S/C8H16O2.C6H10O4/c1-3-4-5-6-7(2)8(9)10;1-6(2,3)10-5(9)4(7)8/h7H,3-6H2,1-2H3,(H,9,10);1-3H3,(H,7,8). The van der Waals surface area contributed by atoms with E-state index in [-0.39, 0.29) is 5.92 Å². The summed E-state index contributed by atoms with van der Waals surface area (Å²) in [6.45, 7) is 8.69. The highest BCUT2D eigenvalue weighted by Crippen LogP contribution is 2.08. The Balaban J connectivity index is 0. The lowest BCUT2D eigenvalue weighted by Gasteiger charge is -2.17. The minimum absolute atomic E-state index is 0.161. The largest absolute Gasteiger partial charge is 0.481 e. The molecule has 20 heavy (non-hydrogen) atoms. The maximum Gasteiger partial charge on any atom is 0.417 e. The SMILES string of the molecule is CC(C)(C)OC(=O)C(=O)O.CCCCCC(C)C(=O)O. The maximum absolute atomic E-state index is 10.3. The Labute approximate surface area is 120 Å². The summed E-state index contributed by atoms with van der Waals surface area (Å²) in [6.07, 6.45) is 4.18. The number of aliphatic carboxylic acids is 2. The van der Waals surface area contributed by atoms with Crippen molar-refractivity contribution in [3.05, 3.63) is 0 Å². The lowest BCUT2D eigenvalue weighted by Crippen LogP contribution is -2.28. The molecule has 0 spiro atoms. The molecule has 0 aromatic rings. The molecule has 0 bridgehead atoms. The summed E-state index contributed by atoms with van der Waals surface area (Å²) < 4.78 is 4.46. The molecule has 0 heterocycles. The average Bonchev–Trinajstić information content (AvgIpc) is 2.27. The van der Waals surface area contributed by atoms with Gasteiger partial charge >= 0.3 is 17.9 Å². The maximum atomic E-state index is 10.3. The van der Waals surface area contributed by atoms with Gasteiger partial charge in [-0.3, -0.25) is 4.79 Å². The number of rotatable bonds is 5. The van der Waals surface area contributed by atoms with Crippen LogP contribution in [0.25, 0.3) is 0 Å². The zero-order valence-electron chi connectivity index (χ0n) is 12.9. The molecule has 6 nitrogen and oxygen atoms in total. The lowest BCUT2D eigenvalue weighted by atomic mass is 10.0.